The number of hydrogen-bond acceptors (Lipinski definition) is 3. The summed E-state index contributed by atoms with van der Waals surface area (Å²) in [5.74, 6) is -1.11. The molecule has 0 spiro atoms. The number of hydrogen-bond donors (Lipinski definition) is 1. The molecule has 1 heterocycles. The minimum atomic E-state index is -0.486. The molecule has 0 unspecified atom stereocenters. The zero-order valence-corrected chi connectivity index (χ0v) is 13.0. The first-order valence-corrected chi connectivity index (χ1v) is 7.68. The van der Waals surface area contributed by atoms with Crippen LogP contribution in [0.1, 0.15) is 20.7 Å². The van der Waals surface area contributed by atoms with Crippen LogP contribution < -0.4 is 5.32 Å². The summed E-state index contributed by atoms with van der Waals surface area (Å²) in [6.07, 6.45) is 0. The lowest BCUT2D eigenvalue weighted by Crippen LogP contribution is -2.41. The number of nitrogens with zero attached hydrogens (tertiary/aromatic N) is 1. The van der Waals surface area contributed by atoms with Crippen molar-refractivity contribution in [2.75, 3.05) is 31.6 Å². The van der Waals surface area contributed by atoms with Crippen molar-refractivity contribution in [3.63, 3.8) is 0 Å². The van der Waals surface area contributed by atoms with E-state index in [0.717, 1.165) is 6.07 Å². The summed E-state index contributed by atoms with van der Waals surface area (Å²) >= 11 is 0. The number of rotatable bonds is 3. The molecule has 3 rings (SSSR count). The Morgan fingerprint density at radius 1 is 1.04 bits per heavy atom. The fourth-order valence-corrected chi connectivity index (χ4v) is 2.54. The van der Waals surface area contributed by atoms with Crippen LogP contribution in [0.15, 0.2) is 48.5 Å². The van der Waals surface area contributed by atoms with E-state index in [9.17, 15) is 14.0 Å². The van der Waals surface area contributed by atoms with Crippen molar-refractivity contribution in [2.24, 2.45) is 0 Å². The molecule has 1 N–H and O–H groups in total. The van der Waals surface area contributed by atoms with Crippen molar-refractivity contribution in [2.45, 2.75) is 0 Å². The van der Waals surface area contributed by atoms with Gasteiger partial charge in [-0.05, 0) is 30.3 Å². The van der Waals surface area contributed by atoms with Crippen LogP contribution in [-0.2, 0) is 4.74 Å². The molecule has 0 aromatic heterocycles. The third-order valence-electron chi connectivity index (χ3n) is 3.79. The number of anilines is 1. The van der Waals surface area contributed by atoms with Gasteiger partial charge in [0.05, 0.1) is 24.5 Å². The van der Waals surface area contributed by atoms with Crippen molar-refractivity contribution >= 4 is 17.5 Å². The summed E-state index contributed by atoms with van der Waals surface area (Å²) in [7, 11) is 0. The van der Waals surface area contributed by atoms with E-state index in [0.29, 0.717) is 37.6 Å². The molecule has 6 heteroatoms. The van der Waals surface area contributed by atoms with Gasteiger partial charge in [0.1, 0.15) is 5.82 Å². The second kappa shape index (κ2) is 7.23. The summed E-state index contributed by atoms with van der Waals surface area (Å²) < 4.78 is 18.5. The SMILES string of the molecule is O=C(Nc1ccccc1C(=O)N1CCOCC1)c1cccc(F)c1. The first kappa shape index (κ1) is 16.1. The zero-order valence-electron chi connectivity index (χ0n) is 13.0. The number of carbonyl (C=O) groups is 2. The van der Waals surface area contributed by atoms with Crippen molar-refractivity contribution in [3.05, 3.63) is 65.5 Å². The van der Waals surface area contributed by atoms with Gasteiger partial charge in [-0.25, -0.2) is 4.39 Å². The van der Waals surface area contributed by atoms with Crippen molar-refractivity contribution in [1.29, 1.82) is 0 Å². The van der Waals surface area contributed by atoms with Crippen LogP contribution in [0.4, 0.5) is 10.1 Å². The second-order valence-electron chi connectivity index (χ2n) is 5.41. The lowest BCUT2D eigenvalue weighted by molar-refractivity contribution is 0.0303. The third kappa shape index (κ3) is 3.60. The van der Waals surface area contributed by atoms with Gasteiger partial charge in [-0.15, -0.1) is 0 Å². The highest BCUT2D eigenvalue weighted by atomic mass is 19.1. The average molecular weight is 328 g/mol. The Labute approximate surface area is 139 Å². The van der Waals surface area contributed by atoms with E-state index in [1.807, 2.05) is 0 Å². The predicted molar refractivity (Wildman–Crippen MR) is 87.5 cm³/mol. The molecule has 1 aliphatic heterocycles. The molecule has 0 saturated carbocycles. The van der Waals surface area contributed by atoms with Gasteiger partial charge in [0, 0.05) is 18.7 Å². The Bertz CT molecular complexity index is 757. The van der Waals surface area contributed by atoms with Crippen LogP contribution in [-0.4, -0.2) is 43.0 Å². The maximum atomic E-state index is 13.3. The molecular weight excluding hydrogens is 311 g/mol. The summed E-state index contributed by atoms with van der Waals surface area (Å²) in [5, 5.41) is 2.69. The standard InChI is InChI=1S/C18H17FN2O3/c19-14-5-3-4-13(12-14)17(22)20-16-7-2-1-6-15(16)18(23)21-8-10-24-11-9-21/h1-7,12H,8-11H2,(H,20,22). The molecule has 0 bridgehead atoms. The number of benzene rings is 2. The lowest BCUT2D eigenvalue weighted by Gasteiger charge is -2.27. The topological polar surface area (TPSA) is 58.6 Å². The van der Waals surface area contributed by atoms with Crippen LogP contribution in [0.5, 0.6) is 0 Å². The number of halogens is 1. The van der Waals surface area contributed by atoms with E-state index in [1.54, 1.807) is 29.2 Å². The van der Waals surface area contributed by atoms with Gasteiger partial charge in [-0.1, -0.05) is 18.2 Å². The molecule has 0 radical (unpaired) electrons. The van der Waals surface area contributed by atoms with Crippen LogP contribution in [0.3, 0.4) is 0 Å². The Balaban J connectivity index is 1.81. The summed E-state index contributed by atoms with van der Waals surface area (Å²) in [6.45, 7) is 2.04. The highest BCUT2D eigenvalue weighted by Gasteiger charge is 2.21. The van der Waals surface area contributed by atoms with Crippen LogP contribution in [0, 0.1) is 5.82 Å². The van der Waals surface area contributed by atoms with Crippen molar-refractivity contribution < 1.29 is 18.7 Å². The molecule has 124 valence electrons. The third-order valence-corrected chi connectivity index (χ3v) is 3.79. The van der Waals surface area contributed by atoms with Gasteiger partial charge < -0.3 is 15.0 Å². The second-order valence-corrected chi connectivity index (χ2v) is 5.41. The maximum Gasteiger partial charge on any atom is 0.256 e. The Morgan fingerprint density at radius 2 is 1.79 bits per heavy atom. The summed E-state index contributed by atoms with van der Waals surface area (Å²) in [4.78, 5) is 26.6. The number of para-hydroxylation sites is 1. The van der Waals surface area contributed by atoms with Gasteiger partial charge in [-0.2, -0.15) is 0 Å². The highest BCUT2D eigenvalue weighted by Crippen LogP contribution is 2.19. The molecule has 1 fully saturated rings. The smallest absolute Gasteiger partial charge is 0.256 e. The van der Waals surface area contributed by atoms with Crippen LogP contribution >= 0.6 is 0 Å². The molecule has 2 amide bonds. The van der Waals surface area contributed by atoms with Crippen LogP contribution in [0.2, 0.25) is 0 Å². The van der Waals surface area contributed by atoms with E-state index in [-0.39, 0.29) is 11.5 Å². The maximum absolute atomic E-state index is 13.3. The first-order chi connectivity index (χ1) is 11.6. The highest BCUT2D eigenvalue weighted by molar-refractivity contribution is 6.09. The number of nitrogens with one attached hydrogen (secondary N) is 1. The average Bonchev–Trinajstić information content (AvgIpc) is 2.62. The van der Waals surface area contributed by atoms with Gasteiger partial charge in [-0.3, -0.25) is 9.59 Å². The number of amides is 2. The van der Waals surface area contributed by atoms with E-state index < -0.39 is 11.7 Å². The molecule has 2 aromatic rings. The quantitative estimate of drug-likeness (QED) is 0.942. The number of ether oxygens (including phenoxy) is 1. The summed E-state index contributed by atoms with van der Waals surface area (Å²) in [5.41, 5.74) is 1.01. The minimum Gasteiger partial charge on any atom is -0.378 e. The lowest BCUT2D eigenvalue weighted by atomic mass is 10.1. The first-order valence-electron chi connectivity index (χ1n) is 7.68. The molecular formula is C18H17FN2O3. The molecule has 0 atom stereocenters. The van der Waals surface area contributed by atoms with Crippen LogP contribution in [0.25, 0.3) is 0 Å². The van der Waals surface area contributed by atoms with Gasteiger partial charge >= 0.3 is 0 Å². The fraction of sp³-hybridized carbons (Fsp3) is 0.222. The molecule has 5 nitrogen and oxygen atoms in total. The Morgan fingerprint density at radius 3 is 2.54 bits per heavy atom. The fourth-order valence-electron chi connectivity index (χ4n) is 2.54. The Hall–Kier alpha value is -2.73. The van der Waals surface area contributed by atoms with E-state index in [2.05, 4.69) is 5.32 Å². The molecule has 1 aliphatic rings. The van der Waals surface area contributed by atoms with Gasteiger partial charge in [0.15, 0.2) is 0 Å². The van der Waals surface area contributed by atoms with Gasteiger partial charge in [0.2, 0.25) is 0 Å². The van der Waals surface area contributed by atoms with E-state index in [4.69, 9.17) is 4.74 Å². The van der Waals surface area contributed by atoms with Crippen molar-refractivity contribution in [3.8, 4) is 0 Å². The normalized spacial score (nSPS) is 14.3. The molecule has 0 aliphatic carbocycles. The van der Waals surface area contributed by atoms with Crippen molar-refractivity contribution in [1.82, 2.24) is 4.90 Å². The van der Waals surface area contributed by atoms with E-state index >= 15 is 0 Å². The largest absolute Gasteiger partial charge is 0.378 e. The minimum absolute atomic E-state index is 0.159. The number of carbonyl (C=O) groups excluding carboxylic acids is 2. The zero-order chi connectivity index (χ0) is 16.9. The number of morpholine rings is 1. The molecule has 2 aromatic carbocycles. The monoisotopic (exact) mass is 328 g/mol. The van der Waals surface area contributed by atoms with Gasteiger partial charge in [0.25, 0.3) is 11.8 Å². The Kier molecular flexibility index (Phi) is 4.86. The van der Waals surface area contributed by atoms with E-state index in [1.165, 1.54) is 18.2 Å². The predicted octanol–water partition coefficient (Wildman–Crippen LogP) is 2.55. The molecule has 24 heavy (non-hydrogen) atoms. The summed E-state index contributed by atoms with van der Waals surface area (Å²) in [6, 6.07) is 12.2. The molecule has 1 saturated heterocycles.